The van der Waals surface area contributed by atoms with Gasteiger partial charge in [0.2, 0.25) is 0 Å². The van der Waals surface area contributed by atoms with Crippen LogP contribution in [0, 0.1) is 0 Å². The Morgan fingerprint density at radius 3 is 3.00 bits per heavy atom. The lowest BCUT2D eigenvalue weighted by Crippen LogP contribution is -2.51. The number of amidine groups is 1. The molecule has 21 heavy (non-hydrogen) atoms. The predicted octanol–water partition coefficient (Wildman–Crippen LogP) is 0.535. The highest BCUT2D eigenvalue weighted by molar-refractivity contribution is 8.14. The number of nitrogens with two attached hydrogens (primary N) is 1. The van der Waals surface area contributed by atoms with Gasteiger partial charge in [0, 0.05) is 31.6 Å². The van der Waals surface area contributed by atoms with Crippen LogP contribution >= 0.6 is 11.8 Å². The van der Waals surface area contributed by atoms with E-state index in [2.05, 4.69) is 37.6 Å². The summed E-state index contributed by atoms with van der Waals surface area (Å²) in [5.41, 5.74) is 8.17. The number of hydrogen-bond acceptors (Lipinski definition) is 7. The Balaban J connectivity index is 1.66. The Morgan fingerprint density at radius 2 is 2.14 bits per heavy atom. The molecule has 7 nitrogen and oxygen atoms in total. The number of hydrazone groups is 1. The van der Waals surface area contributed by atoms with Gasteiger partial charge in [-0.2, -0.15) is 5.10 Å². The highest BCUT2D eigenvalue weighted by atomic mass is 32.2. The third-order valence-electron chi connectivity index (χ3n) is 3.79. The van der Waals surface area contributed by atoms with E-state index in [1.807, 2.05) is 17.3 Å². The van der Waals surface area contributed by atoms with Crippen molar-refractivity contribution >= 4 is 33.5 Å². The zero-order valence-electron chi connectivity index (χ0n) is 11.5. The Morgan fingerprint density at radius 1 is 1.29 bits per heavy atom. The van der Waals surface area contributed by atoms with Crippen LogP contribution in [0.1, 0.15) is 0 Å². The van der Waals surface area contributed by atoms with Crippen molar-refractivity contribution < 1.29 is 0 Å². The highest BCUT2D eigenvalue weighted by Gasteiger charge is 2.33. The molecule has 1 atom stereocenters. The monoisotopic (exact) mass is 303 g/mol. The van der Waals surface area contributed by atoms with Crippen LogP contribution < -0.4 is 16.1 Å². The van der Waals surface area contributed by atoms with Crippen molar-refractivity contribution in [3.63, 3.8) is 0 Å². The first kappa shape index (κ1) is 12.9. The fourth-order valence-corrected chi connectivity index (χ4v) is 3.71. The molecule has 2 aromatic rings. The number of nitrogens with one attached hydrogen (secondary N) is 2. The van der Waals surface area contributed by atoms with Gasteiger partial charge < -0.3 is 11.1 Å². The molecule has 0 aliphatic carbocycles. The van der Waals surface area contributed by atoms with Gasteiger partial charge in [-0.1, -0.05) is 0 Å². The summed E-state index contributed by atoms with van der Waals surface area (Å²) < 4.78 is 0. The van der Waals surface area contributed by atoms with Gasteiger partial charge in [-0.25, -0.2) is 5.01 Å². The summed E-state index contributed by atoms with van der Waals surface area (Å²) in [5.74, 6) is 0. The molecule has 110 valence electrons. The molecule has 0 radical (unpaired) electrons. The maximum absolute atomic E-state index is 5.96. The second-order valence-corrected chi connectivity index (χ2v) is 6.23. The highest BCUT2D eigenvalue weighted by Crippen LogP contribution is 2.33. The van der Waals surface area contributed by atoms with Crippen molar-refractivity contribution in [2.24, 2.45) is 10.8 Å². The molecule has 1 saturated heterocycles. The quantitative estimate of drug-likeness (QED) is 0.750. The number of aromatic amines is 1. The minimum Gasteiger partial charge on any atom is -0.377 e. The van der Waals surface area contributed by atoms with Crippen LogP contribution in [0.15, 0.2) is 29.5 Å². The van der Waals surface area contributed by atoms with Crippen molar-refractivity contribution in [3.8, 4) is 0 Å². The predicted molar refractivity (Wildman–Crippen MR) is 86.0 cm³/mol. The molecule has 1 aromatic carbocycles. The zero-order valence-corrected chi connectivity index (χ0v) is 12.3. The number of hydrogen-bond donors (Lipinski definition) is 3. The standard InChI is InChI=1S/C13H17N7S/c14-12-18-20(13(21-12)19-5-3-15-4-6-19)10-1-2-11-9(7-10)8-16-17-11/h1-2,7-8,13,15H,3-6H2,(H2,14,18)(H,16,17). The molecule has 0 spiro atoms. The van der Waals surface area contributed by atoms with Gasteiger partial charge in [-0.05, 0) is 30.0 Å². The summed E-state index contributed by atoms with van der Waals surface area (Å²) in [6.45, 7) is 4.02. The number of fused-ring (bicyclic) bond motifs is 1. The Kier molecular flexibility index (Phi) is 3.21. The number of nitrogens with zero attached hydrogens (tertiary/aromatic N) is 4. The molecule has 4 N–H and O–H groups in total. The molecule has 8 heteroatoms. The molecule has 1 aromatic heterocycles. The fourth-order valence-electron chi connectivity index (χ4n) is 2.73. The zero-order chi connectivity index (χ0) is 14.2. The Hall–Kier alpha value is -1.77. The van der Waals surface area contributed by atoms with Crippen LogP contribution in [-0.4, -0.2) is 51.9 Å². The average Bonchev–Trinajstić information content (AvgIpc) is 3.13. The number of rotatable bonds is 2. The normalized spacial score (nSPS) is 23.7. The molecule has 1 unspecified atom stereocenters. The minimum atomic E-state index is 0.136. The maximum Gasteiger partial charge on any atom is 0.181 e. The van der Waals surface area contributed by atoms with E-state index < -0.39 is 0 Å². The van der Waals surface area contributed by atoms with Gasteiger partial charge >= 0.3 is 0 Å². The molecule has 2 aliphatic rings. The Bertz CT molecular complexity index is 676. The van der Waals surface area contributed by atoms with Crippen LogP contribution in [0.3, 0.4) is 0 Å². The first-order valence-corrected chi connectivity index (χ1v) is 7.87. The molecule has 4 rings (SSSR count). The van der Waals surface area contributed by atoms with Crippen molar-refractivity contribution in [1.82, 2.24) is 20.4 Å². The number of aromatic nitrogens is 2. The van der Waals surface area contributed by atoms with E-state index in [1.165, 1.54) is 0 Å². The van der Waals surface area contributed by atoms with Gasteiger partial charge in [-0.15, -0.1) is 5.10 Å². The number of anilines is 1. The van der Waals surface area contributed by atoms with E-state index >= 15 is 0 Å². The third-order valence-corrected chi connectivity index (χ3v) is 4.83. The van der Waals surface area contributed by atoms with E-state index in [0.717, 1.165) is 42.8 Å². The molecular formula is C13H17N7S. The first-order valence-electron chi connectivity index (χ1n) is 6.99. The third kappa shape index (κ3) is 2.35. The first-order chi connectivity index (χ1) is 10.3. The van der Waals surface area contributed by atoms with Crippen LogP contribution in [-0.2, 0) is 0 Å². The summed E-state index contributed by atoms with van der Waals surface area (Å²) in [6.07, 6.45) is 1.83. The van der Waals surface area contributed by atoms with Gasteiger partial charge in [0.25, 0.3) is 0 Å². The number of benzene rings is 1. The molecule has 2 aliphatic heterocycles. The SMILES string of the molecule is NC1=NN(c2ccc3[nH]ncc3c2)C(N2CCNCC2)S1. The van der Waals surface area contributed by atoms with Crippen LogP contribution in [0.4, 0.5) is 5.69 Å². The second kappa shape index (κ2) is 5.21. The van der Waals surface area contributed by atoms with E-state index in [0.29, 0.717) is 5.17 Å². The van der Waals surface area contributed by atoms with Crippen LogP contribution in [0.2, 0.25) is 0 Å². The van der Waals surface area contributed by atoms with E-state index in [1.54, 1.807) is 11.8 Å². The lowest BCUT2D eigenvalue weighted by Gasteiger charge is -2.35. The van der Waals surface area contributed by atoms with Gasteiger partial charge in [0.15, 0.2) is 10.7 Å². The van der Waals surface area contributed by atoms with Crippen molar-refractivity contribution in [2.75, 3.05) is 31.2 Å². The maximum atomic E-state index is 5.96. The second-order valence-electron chi connectivity index (χ2n) is 5.15. The van der Waals surface area contributed by atoms with E-state index in [4.69, 9.17) is 5.73 Å². The minimum absolute atomic E-state index is 0.136. The Labute approximate surface area is 126 Å². The van der Waals surface area contributed by atoms with E-state index in [-0.39, 0.29) is 5.50 Å². The van der Waals surface area contributed by atoms with Crippen molar-refractivity contribution in [2.45, 2.75) is 5.50 Å². The fraction of sp³-hybridized carbons (Fsp3) is 0.385. The summed E-state index contributed by atoms with van der Waals surface area (Å²) in [7, 11) is 0. The van der Waals surface area contributed by atoms with Crippen molar-refractivity contribution in [1.29, 1.82) is 0 Å². The topological polar surface area (TPSA) is 85.6 Å². The average molecular weight is 303 g/mol. The number of piperazine rings is 1. The summed E-state index contributed by atoms with van der Waals surface area (Å²) in [4.78, 5) is 2.41. The summed E-state index contributed by atoms with van der Waals surface area (Å²) >= 11 is 1.61. The van der Waals surface area contributed by atoms with Gasteiger partial charge in [-0.3, -0.25) is 10.00 Å². The summed E-state index contributed by atoms with van der Waals surface area (Å²) in [6, 6.07) is 6.18. The number of thioether (sulfide) groups is 1. The lowest BCUT2D eigenvalue weighted by molar-refractivity contribution is 0.223. The number of H-pyrrole nitrogens is 1. The molecule has 0 saturated carbocycles. The van der Waals surface area contributed by atoms with Gasteiger partial charge in [0.1, 0.15) is 0 Å². The lowest BCUT2D eigenvalue weighted by atomic mass is 10.2. The smallest absolute Gasteiger partial charge is 0.181 e. The van der Waals surface area contributed by atoms with Crippen LogP contribution in [0.5, 0.6) is 0 Å². The molecule has 1 fully saturated rings. The molecular weight excluding hydrogens is 286 g/mol. The van der Waals surface area contributed by atoms with Crippen LogP contribution in [0.25, 0.3) is 10.9 Å². The molecule has 3 heterocycles. The van der Waals surface area contributed by atoms with E-state index in [9.17, 15) is 0 Å². The van der Waals surface area contributed by atoms with Crippen molar-refractivity contribution in [3.05, 3.63) is 24.4 Å². The molecule has 0 amide bonds. The summed E-state index contributed by atoms with van der Waals surface area (Å²) in [5, 5.41) is 18.6. The van der Waals surface area contributed by atoms with Gasteiger partial charge in [0.05, 0.1) is 17.4 Å². The molecule has 0 bridgehead atoms. The largest absolute Gasteiger partial charge is 0.377 e.